The molecule has 3 N–H and O–H groups in total. The van der Waals surface area contributed by atoms with Gasteiger partial charge in [-0.1, -0.05) is 12.1 Å². The van der Waals surface area contributed by atoms with Gasteiger partial charge in [-0.2, -0.15) is 13.2 Å². The number of anilines is 1. The van der Waals surface area contributed by atoms with E-state index in [2.05, 4.69) is 5.32 Å². The standard InChI is InChI=1S/C14H19F3N2S/c15-14(16,17)9-20-13-7-2-1-6-12(13)19-11-5-3-4-10(18)8-11/h1-2,6-7,10-11,19H,3-5,8-9,18H2. The molecule has 0 aromatic heterocycles. The lowest BCUT2D eigenvalue weighted by atomic mass is 9.91. The molecule has 2 unspecified atom stereocenters. The van der Waals surface area contributed by atoms with Crippen LogP contribution in [0.15, 0.2) is 29.2 Å². The van der Waals surface area contributed by atoms with Crippen LogP contribution in [-0.4, -0.2) is 24.0 Å². The van der Waals surface area contributed by atoms with Crippen molar-refractivity contribution in [2.75, 3.05) is 11.1 Å². The molecular formula is C14H19F3N2S. The lowest BCUT2D eigenvalue weighted by molar-refractivity contribution is -0.105. The fourth-order valence-corrected chi connectivity index (χ4v) is 3.23. The highest BCUT2D eigenvalue weighted by Crippen LogP contribution is 2.33. The summed E-state index contributed by atoms with van der Waals surface area (Å²) in [6.45, 7) is 0. The average Bonchev–Trinajstić information content (AvgIpc) is 2.37. The first kappa shape index (κ1) is 15.5. The van der Waals surface area contributed by atoms with E-state index in [0.717, 1.165) is 43.1 Å². The topological polar surface area (TPSA) is 38.0 Å². The second-order valence-corrected chi connectivity index (χ2v) is 6.19. The number of benzene rings is 1. The summed E-state index contributed by atoms with van der Waals surface area (Å²) in [5, 5.41) is 3.35. The van der Waals surface area contributed by atoms with E-state index in [1.165, 1.54) is 0 Å². The van der Waals surface area contributed by atoms with Crippen molar-refractivity contribution < 1.29 is 13.2 Å². The fraction of sp³-hybridized carbons (Fsp3) is 0.571. The number of rotatable bonds is 4. The van der Waals surface area contributed by atoms with Gasteiger partial charge >= 0.3 is 6.18 Å². The van der Waals surface area contributed by atoms with Crippen LogP contribution in [0.25, 0.3) is 0 Å². The van der Waals surface area contributed by atoms with Gasteiger partial charge < -0.3 is 11.1 Å². The molecule has 0 bridgehead atoms. The normalized spacial score (nSPS) is 23.6. The molecule has 0 amide bonds. The monoisotopic (exact) mass is 304 g/mol. The largest absolute Gasteiger partial charge is 0.398 e. The molecule has 1 aliphatic carbocycles. The van der Waals surface area contributed by atoms with Gasteiger partial charge in [-0.05, 0) is 37.8 Å². The van der Waals surface area contributed by atoms with Gasteiger partial charge in [0.25, 0.3) is 0 Å². The van der Waals surface area contributed by atoms with Crippen LogP contribution < -0.4 is 11.1 Å². The number of thioether (sulfide) groups is 1. The van der Waals surface area contributed by atoms with Crippen LogP contribution in [0.5, 0.6) is 0 Å². The average molecular weight is 304 g/mol. The Hall–Kier alpha value is -0.880. The van der Waals surface area contributed by atoms with Gasteiger partial charge in [-0.25, -0.2) is 0 Å². The first-order valence-electron chi connectivity index (χ1n) is 6.75. The van der Waals surface area contributed by atoms with Crippen LogP contribution in [0, 0.1) is 0 Å². The van der Waals surface area contributed by atoms with Crippen LogP contribution >= 0.6 is 11.8 Å². The van der Waals surface area contributed by atoms with Crippen LogP contribution in [0.2, 0.25) is 0 Å². The maximum Gasteiger partial charge on any atom is 0.398 e. The Morgan fingerprint density at radius 1 is 1.25 bits per heavy atom. The number of halogens is 3. The summed E-state index contributed by atoms with van der Waals surface area (Å²) in [6.07, 6.45) is -0.158. The maximum atomic E-state index is 12.3. The first-order valence-corrected chi connectivity index (χ1v) is 7.73. The van der Waals surface area contributed by atoms with Crippen LogP contribution in [-0.2, 0) is 0 Å². The van der Waals surface area contributed by atoms with E-state index in [9.17, 15) is 13.2 Å². The van der Waals surface area contributed by atoms with E-state index in [-0.39, 0.29) is 12.1 Å². The van der Waals surface area contributed by atoms with E-state index < -0.39 is 11.9 Å². The quantitative estimate of drug-likeness (QED) is 0.825. The third-order valence-corrected chi connectivity index (χ3v) is 4.49. The zero-order valence-corrected chi connectivity index (χ0v) is 11.9. The van der Waals surface area contributed by atoms with Crippen molar-refractivity contribution in [3.05, 3.63) is 24.3 Å². The molecule has 20 heavy (non-hydrogen) atoms. The number of nitrogens with two attached hydrogens (primary N) is 1. The van der Waals surface area contributed by atoms with Crippen molar-refractivity contribution in [3.8, 4) is 0 Å². The zero-order chi connectivity index (χ0) is 14.6. The van der Waals surface area contributed by atoms with Crippen molar-refractivity contribution in [3.63, 3.8) is 0 Å². The highest BCUT2D eigenvalue weighted by atomic mass is 32.2. The Kier molecular flexibility index (Phi) is 5.21. The molecule has 1 aromatic carbocycles. The predicted molar refractivity (Wildman–Crippen MR) is 77.1 cm³/mol. The van der Waals surface area contributed by atoms with Crippen LogP contribution in [0.3, 0.4) is 0 Å². The first-order chi connectivity index (χ1) is 9.44. The number of nitrogens with one attached hydrogen (secondary N) is 1. The van der Waals surface area contributed by atoms with Crippen LogP contribution in [0.1, 0.15) is 25.7 Å². The fourth-order valence-electron chi connectivity index (χ4n) is 2.45. The van der Waals surface area contributed by atoms with E-state index in [4.69, 9.17) is 5.73 Å². The maximum absolute atomic E-state index is 12.3. The van der Waals surface area contributed by atoms with E-state index in [1.54, 1.807) is 12.1 Å². The molecule has 0 aliphatic heterocycles. The molecule has 0 heterocycles. The van der Waals surface area contributed by atoms with Crippen molar-refractivity contribution >= 4 is 17.4 Å². The lowest BCUT2D eigenvalue weighted by Gasteiger charge is -2.29. The molecule has 1 fully saturated rings. The van der Waals surface area contributed by atoms with Gasteiger partial charge in [0.2, 0.25) is 0 Å². The summed E-state index contributed by atoms with van der Waals surface area (Å²) in [6, 6.07) is 7.60. The molecule has 0 spiro atoms. The number of hydrogen-bond donors (Lipinski definition) is 2. The second kappa shape index (κ2) is 6.72. The van der Waals surface area contributed by atoms with Crippen molar-refractivity contribution in [1.29, 1.82) is 0 Å². The summed E-state index contributed by atoms with van der Waals surface area (Å²) in [5.41, 5.74) is 6.72. The van der Waals surface area contributed by atoms with E-state index >= 15 is 0 Å². The van der Waals surface area contributed by atoms with Crippen molar-refractivity contribution in [1.82, 2.24) is 0 Å². The van der Waals surface area contributed by atoms with E-state index in [0.29, 0.717) is 4.90 Å². The summed E-state index contributed by atoms with van der Waals surface area (Å²) >= 11 is 0.825. The van der Waals surface area contributed by atoms with Crippen molar-refractivity contribution in [2.24, 2.45) is 5.73 Å². The van der Waals surface area contributed by atoms with Gasteiger partial charge in [0.05, 0.1) is 5.75 Å². The molecule has 112 valence electrons. The Bertz CT molecular complexity index is 437. The smallest absolute Gasteiger partial charge is 0.381 e. The molecule has 6 heteroatoms. The SMILES string of the molecule is NC1CCCC(Nc2ccccc2SCC(F)(F)F)C1. The summed E-state index contributed by atoms with van der Waals surface area (Å²) < 4.78 is 37.0. The molecule has 0 radical (unpaired) electrons. The number of hydrogen-bond acceptors (Lipinski definition) is 3. The minimum absolute atomic E-state index is 0.191. The molecule has 0 saturated heterocycles. The Morgan fingerprint density at radius 3 is 2.70 bits per heavy atom. The minimum Gasteiger partial charge on any atom is -0.381 e. The number of para-hydroxylation sites is 1. The Balaban J connectivity index is 2.00. The van der Waals surface area contributed by atoms with E-state index in [1.807, 2.05) is 12.1 Å². The molecule has 2 rings (SSSR count). The van der Waals surface area contributed by atoms with Crippen molar-refractivity contribution in [2.45, 2.75) is 48.8 Å². The summed E-state index contributed by atoms with van der Waals surface area (Å²) in [4.78, 5) is 0.643. The molecule has 2 nitrogen and oxygen atoms in total. The van der Waals surface area contributed by atoms with Gasteiger partial charge in [0, 0.05) is 22.7 Å². The highest BCUT2D eigenvalue weighted by Gasteiger charge is 2.28. The zero-order valence-electron chi connectivity index (χ0n) is 11.1. The molecule has 1 aliphatic rings. The summed E-state index contributed by atoms with van der Waals surface area (Å²) in [7, 11) is 0. The van der Waals surface area contributed by atoms with Gasteiger partial charge in [-0.15, -0.1) is 11.8 Å². The lowest BCUT2D eigenvalue weighted by Crippen LogP contribution is -2.35. The molecule has 1 saturated carbocycles. The Morgan fingerprint density at radius 2 is 2.00 bits per heavy atom. The molecule has 2 atom stereocenters. The summed E-state index contributed by atoms with van der Waals surface area (Å²) in [5.74, 6) is -0.865. The third-order valence-electron chi connectivity index (χ3n) is 3.35. The van der Waals surface area contributed by atoms with Gasteiger partial charge in [0.1, 0.15) is 0 Å². The molecule has 1 aromatic rings. The third kappa shape index (κ3) is 4.90. The Labute approximate surface area is 121 Å². The highest BCUT2D eigenvalue weighted by molar-refractivity contribution is 7.99. The van der Waals surface area contributed by atoms with Crippen LogP contribution in [0.4, 0.5) is 18.9 Å². The predicted octanol–water partition coefficient (Wildman–Crippen LogP) is 4.02. The van der Waals surface area contributed by atoms with Gasteiger partial charge in [0.15, 0.2) is 0 Å². The minimum atomic E-state index is -4.15. The number of alkyl halides is 3. The second-order valence-electron chi connectivity index (χ2n) is 5.17. The molecular weight excluding hydrogens is 285 g/mol. The van der Waals surface area contributed by atoms with Gasteiger partial charge in [-0.3, -0.25) is 0 Å².